The number of hydrogen-bond acceptors (Lipinski definition) is 1. The van der Waals surface area contributed by atoms with Crippen LogP contribution in [-0.2, 0) is 6.54 Å². The van der Waals surface area contributed by atoms with Crippen LogP contribution in [-0.4, -0.2) is 9.55 Å². The van der Waals surface area contributed by atoms with Crippen molar-refractivity contribution in [2.24, 2.45) is 0 Å². The van der Waals surface area contributed by atoms with Crippen molar-refractivity contribution in [3.05, 3.63) is 62.6 Å². The summed E-state index contributed by atoms with van der Waals surface area (Å²) in [5, 5.41) is 0. The molecule has 3 aromatic rings. The maximum atomic E-state index is 13.7. The van der Waals surface area contributed by atoms with E-state index in [9.17, 15) is 4.39 Å². The van der Waals surface area contributed by atoms with Gasteiger partial charge in [0.25, 0.3) is 0 Å². The molecule has 0 radical (unpaired) electrons. The van der Waals surface area contributed by atoms with Gasteiger partial charge in [-0.15, -0.1) is 0 Å². The molecule has 1 aromatic heterocycles. The van der Waals surface area contributed by atoms with Crippen molar-refractivity contribution >= 4 is 39.2 Å². The molecule has 0 saturated carbocycles. The van der Waals surface area contributed by atoms with Gasteiger partial charge in [0.2, 0.25) is 0 Å². The standard InChI is InChI=1S/C15H12BrFN2S/c1-9-2-4-10(5-3-9)8-19-14-7-12(17)11(16)6-13(14)18-15(19)20/h2-7H,8H2,1H3,(H,18,20). The van der Waals surface area contributed by atoms with Crippen molar-refractivity contribution in [1.29, 1.82) is 0 Å². The minimum atomic E-state index is -0.288. The normalized spacial score (nSPS) is 11.2. The maximum Gasteiger partial charge on any atom is 0.178 e. The molecule has 2 nitrogen and oxygen atoms in total. The number of benzene rings is 2. The fourth-order valence-corrected chi connectivity index (χ4v) is 2.80. The Bertz CT molecular complexity index is 833. The molecular formula is C15H12BrFN2S. The second kappa shape index (κ2) is 5.14. The number of hydrogen-bond donors (Lipinski definition) is 1. The summed E-state index contributed by atoms with van der Waals surface area (Å²) in [7, 11) is 0. The summed E-state index contributed by atoms with van der Waals surface area (Å²) in [5.41, 5.74) is 3.95. The minimum Gasteiger partial charge on any atom is -0.331 e. The molecule has 0 amide bonds. The van der Waals surface area contributed by atoms with Crippen molar-refractivity contribution in [2.45, 2.75) is 13.5 Å². The molecule has 20 heavy (non-hydrogen) atoms. The molecule has 0 aliphatic carbocycles. The Balaban J connectivity index is 2.11. The van der Waals surface area contributed by atoms with Crippen LogP contribution in [0, 0.1) is 17.5 Å². The first kappa shape index (κ1) is 13.5. The van der Waals surface area contributed by atoms with E-state index in [4.69, 9.17) is 12.2 Å². The van der Waals surface area contributed by atoms with E-state index in [2.05, 4.69) is 45.2 Å². The number of aryl methyl sites for hydroxylation is 1. The summed E-state index contributed by atoms with van der Waals surface area (Å²) < 4.78 is 16.7. The molecule has 1 N–H and O–H groups in total. The molecule has 0 aliphatic rings. The Labute approximate surface area is 129 Å². The third-order valence-electron chi connectivity index (χ3n) is 3.28. The Morgan fingerprint density at radius 1 is 1.25 bits per heavy atom. The van der Waals surface area contributed by atoms with E-state index in [0.29, 0.717) is 15.8 Å². The molecular weight excluding hydrogens is 339 g/mol. The lowest BCUT2D eigenvalue weighted by molar-refractivity contribution is 0.622. The monoisotopic (exact) mass is 350 g/mol. The summed E-state index contributed by atoms with van der Waals surface area (Å²) in [6.45, 7) is 2.67. The fraction of sp³-hybridized carbons (Fsp3) is 0.133. The zero-order valence-electron chi connectivity index (χ0n) is 10.8. The second-order valence-electron chi connectivity index (χ2n) is 4.79. The molecule has 0 unspecified atom stereocenters. The second-order valence-corrected chi connectivity index (χ2v) is 6.03. The van der Waals surface area contributed by atoms with E-state index >= 15 is 0 Å². The van der Waals surface area contributed by atoms with Gasteiger partial charge in [-0.05, 0) is 46.7 Å². The number of fused-ring (bicyclic) bond motifs is 1. The maximum absolute atomic E-state index is 13.7. The van der Waals surface area contributed by atoms with Crippen molar-refractivity contribution in [3.63, 3.8) is 0 Å². The highest BCUT2D eigenvalue weighted by Gasteiger charge is 2.09. The summed E-state index contributed by atoms with van der Waals surface area (Å²) >= 11 is 8.52. The van der Waals surface area contributed by atoms with Gasteiger partial charge in [-0.3, -0.25) is 0 Å². The van der Waals surface area contributed by atoms with Gasteiger partial charge in [-0.2, -0.15) is 0 Å². The molecule has 102 valence electrons. The first-order valence-electron chi connectivity index (χ1n) is 6.18. The Hall–Kier alpha value is -1.46. The molecule has 0 fully saturated rings. The molecule has 0 aliphatic heterocycles. The van der Waals surface area contributed by atoms with Gasteiger partial charge in [0.1, 0.15) is 5.82 Å². The fourth-order valence-electron chi connectivity index (χ4n) is 2.18. The van der Waals surface area contributed by atoms with Crippen LogP contribution in [0.25, 0.3) is 11.0 Å². The Morgan fingerprint density at radius 3 is 2.65 bits per heavy atom. The lowest BCUT2D eigenvalue weighted by atomic mass is 10.1. The quantitative estimate of drug-likeness (QED) is 0.648. The van der Waals surface area contributed by atoms with Crippen LogP contribution in [0.3, 0.4) is 0 Å². The number of halogens is 2. The molecule has 0 spiro atoms. The summed E-state index contributed by atoms with van der Waals surface area (Å²) in [6, 6.07) is 11.5. The van der Waals surface area contributed by atoms with Crippen LogP contribution in [0.5, 0.6) is 0 Å². The molecule has 0 bridgehead atoms. The van der Waals surface area contributed by atoms with E-state index in [0.717, 1.165) is 16.6 Å². The largest absolute Gasteiger partial charge is 0.331 e. The number of aromatic amines is 1. The number of rotatable bonds is 2. The molecule has 1 heterocycles. The highest BCUT2D eigenvalue weighted by Crippen LogP contribution is 2.23. The van der Waals surface area contributed by atoms with Crippen LogP contribution in [0.15, 0.2) is 40.9 Å². The zero-order valence-corrected chi connectivity index (χ0v) is 13.2. The number of nitrogens with zero attached hydrogens (tertiary/aromatic N) is 1. The predicted molar refractivity (Wildman–Crippen MR) is 85.1 cm³/mol. The average Bonchev–Trinajstić information content (AvgIpc) is 2.69. The Kier molecular flexibility index (Phi) is 3.48. The van der Waals surface area contributed by atoms with E-state index in [1.54, 1.807) is 6.07 Å². The number of H-pyrrole nitrogens is 1. The Morgan fingerprint density at radius 2 is 1.95 bits per heavy atom. The van der Waals surface area contributed by atoms with Crippen LogP contribution < -0.4 is 0 Å². The van der Waals surface area contributed by atoms with Gasteiger partial charge >= 0.3 is 0 Å². The van der Waals surface area contributed by atoms with Gasteiger partial charge < -0.3 is 9.55 Å². The van der Waals surface area contributed by atoms with Gasteiger partial charge in [0, 0.05) is 6.07 Å². The lowest BCUT2D eigenvalue weighted by Crippen LogP contribution is -1.99. The number of nitrogens with one attached hydrogen (secondary N) is 1. The van der Waals surface area contributed by atoms with Gasteiger partial charge in [-0.25, -0.2) is 4.39 Å². The molecule has 2 aromatic carbocycles. The van der Waals surface area contributed by atoms with Crippen LogP contribution in [0.1, 0.15) is 11.1 Å². The van der Waals surface area contributed by atoms with E-state index in [-0.39, 0.29) is 5.82 Å². The van der Waals surface area contributed by atoms with Crippen molar-refractivity contribution in [2.75, 3.05) is 0 Å². The number of imidazole rings is 1. The first-order chi connectivity index (χ1) is 9.54. The smallest absolute Gasteiger partial charge is 0.178 e. The highest BCUT2D eigenvalue weighted by atomic mass is 79.9. The number of aromatic nitrogens is 2. The topological polar surface area (TPSA) is 20.7 Å². The van der Waals surface area contributed by atoms with E-state index < -0.39 is 0 Å². The molecule has 3 rings (SSSR count). The lowest BCUT2D eigenvalue weighted by Gasteiger charge is -2.06. The van der Waals surface area contributed by atoms with Crippen molar-refractivity contribution in [1.82, 2.24) is 9.55 Å². The SMILES string of the molecule is Cc1ccc(Cn2c(=S)[nH]c3cc(Br)c(F)cc32)cc1. The van der Waals surface area contributed by atoms with Crippen LogP contribution in [0.2, 0.25) is 0 Å². The van der Waals surface area contributed by atoms with Gasteiger partial charge in [0.05, 0.1) is 22.1 Å². The van der Waals surface area contributed by atoms with E-state index in [1.165, 1.54) is 11.6 Å². The first-order valence-corrected chi connectivity index (χ1v) is 7.38. The van der Waals surface area contributed by atoms with E-state index in [1.807, 2.05) is 11.5 Å². The van der Waals surface area contributed by atoms with Gasteiger partial charge in [-0.1, -0.05) is 29.8 Å². The predicted octanol–water partition coefficient (Wildman–Crippen LogP) is 4.96. The van der Waals surface area contributed by atoms with Crippen molar-refractivity contribution < 1.29 is 4.39 Å². The van der Waals surface area contributed by atoms with Crippen molar-refractivity contribution in [3.8, 4) is 0 Å². The average molecular weight is 351 g/mol. The highest BCUT2D eigenvalue weighted by molar-refractivity contribution is 9.10. The molecule has 0 atom stereocenters. The van der Waals surface area contributed by atoms with Crippen LogP contribution in [0.4, 0.5) is 4.39 Å². The third-order valence-corrected chi connectivity index (χ3v) is 4.21. The molecule has 0 saturated heterocycles. The minimum absolute atomic E-state index is 0.288. The van der Waals surface area contributed by atoms with Gasteiger partial charge in [0.15, 0.2) is 4.77 Å². The molecule has 5 heteroatoms. The zero-order chi connectivity index (χ0) is 14.3. The summed E-state index contributed by atoms with van der Waals surface area (Å²) in [5.74, 6) is -0.288. The summed E-state index contributed by atoms with van der Waals surface area (Å²) in [6.07, 6.45) is 0. The van der Waals surface area contributed by atoms with Crippen LogP contribution >= 0.6 is 28.1 Å². The third kappa shape index (κ3) is 2.43. The summed E-state index contributed by atoms with van der Waals surface area (Å²) in [4.78, 5) is 3.11.